The third-order valence-electron chi connectivity index (χ3n) is 2.02. The summed E-state index contributed by atoms with van der Waals surface area (Å²) < 4.78 is 10.2. The van der Waals surface area contributed by atoms with Crippen molar-refractivity contribution in [2.75, 3.05) is 0 Å². The molecule has 4 nitrogen and oxygen atoms in total. The van der Waals surface area contributed by atoms with Crippen molar-refractivity contribution in [3.05, 3.63) is 0 Å². The molecule has 0 radical (unpaired) electrons. The average molecular weight is 216 g/mol. The van der Waals surface area contributed by atoms with Crippen LogP contribution in [0.4, 0.5) is 0 Å². The van der Waals surface area contributed by atoms with Gasteiger partial charge in [-0.15, -0.1) is 0 Å². The Kier molecular flexibility index (Phi) is 6.75. The average Bonchev–Trinajstić information content (AvgIpc) is 2.12. The van der Waals surface area contributed by atoms with Crippen molar-refractivity contribution in [3.63, 3.8) is 0 Å². The van der Waals surface area contributed by atoms with Gasteiger partial charge in [0.05, 0.1) is 0 Å². The second-order valence-electron chi connectivity index (χ2n) is 3.49. The van der Waals surface area contributed by atoms with Crippen LogP contribution < -0.4 is 0 Å². The Morgan fingerprint density at radius 3 is 1.80 bits per heavy atom. The van der Waals surface area contributed by atoms with E-state index < -0.39 is 0 Å². The molecule has 0 aromatic carbocycles. The van der Waals surface area contributed by atoms with Crippen LogP contribution >= 0.6 is 0 Å². The first kappa shape index (κ1) is 13.9. The zero-order valence-electron chi connectivity index (χ0n) is 9.91. The summed E-state index contributed by atoms with van der Waals surface area (Å²) in [6.07, 6.45) is 1.60. The lowest BCUT2D eigenvalue weighted by Gasteiger charge is -2.24. The molecule has 0 heterocycles. The first-order chi connectivity index (χ1) is 7.01. The highest BCUT2D eigenvalue weighted by molar-refractivity contribution is 5.67. The van der Waals surface area contributed by atoms with Gasteiger partial charge >= 0.3 is 11.9 Å². The van der Waals surface area contributed by atoms with Gasteiger partial charge in [-0.3, -0.25) is 9.59 Å². The van der Waals surface area contributed by atoms with Crippen LogP contribution in [0.3, 0.4) is 0 Å². The van der Waals surface area contributed by atoms with E-state index in [1.165, 1.54) is 13.8 Å². The second kappa shape index (κ2) is 7.26. The lowest BCUT2D eigenvalue weighted by molar-refractivity contribution is -0.166. The van der Waals surface area contributed by atoms with E-state index in [1.54, 1.807) is 0 Å². The lowest BCUT2D eigenvalue weighted by Crippen LogP contribution is -2.33. The monoisotopic (exact) mass is 216 g/mol. The fourth-order valence-electron chi connectivity index (χ4n) is 1.45. The largest absolute Gasteiger partial charge is 0.459 e. The third kappa shape index (κ3) is 6.10. The normalized spacial score (nSPS) is 14.1. The molecule has 2 atom stereocenters. The summed E-state index contributed by atoms with van der Waals surface area (Å²) in [5, 5.41) is 0. The van der Waals surface area contributed by atoms with Crippen LogP contribution in [0.1, 0.15) is 47.0 Å². The Bertz CT molecular complexity index is 213. The van der Waals surface area contributed by atoms with Gasteiger partial charge in [0.2, 0.25) is 0 Å². The minimum atomic E-state index is -0.338. The highest BCUT2D eigenvalue weighted by atomic mass is 16.6. The Labute approximate surface area is 90.9 Å². The topological polar surface area (TPSA) is 52.6 Å². The molecular formula is C11H20O4. The number of rotatable bonds is 6. The van der Waals surface area contributed by atoms with Gasteiger partial charge in [-0.2, -0.15) is 0 Å². The number of ether oxygens (including phenoxy) is 2. The third-order valence-corrected chi connectivity index (χ3v) is 2.02. The van der Waals surface area contributed by atoms with Crippen molar-refractivity contribution < 1.29 is 19.1 Å². The van der Waals surface area contributed by atoms with Crippen LogP contribution in [0.5, 0.6) is 0 Å². The summed E-state index contributed by atoms with van der Waals surface area (Å²) in [5.74, 6) is -0.672. The molecule has 0 aromatic rings. The fourth-order valence-corrected chi connectivity index (χ4v) is 1.45. The van der Waals surface area contributed by atoms with Crippen LogP contribution in [0.2, 0.25) is 0 Å². The van der Waals surface area contributed by atoms with Crippen molar-refractivity contribution in [3.8, 4) is 0 Å². The van der Waals surface area contributed by atoms with Gasteiger partial charge in [-0.1, -0.05) is 20.3 Å². The molecule has 15 heavy (non-hydrogen) atoms. The number of hydrogen-bond acceptors (Lipinski definition) is 4. The summed E-state index contributed by atoms with van der Waals surface area (Å²) in [6, 6.07) is 0. The maximum absolute atomic E-state index is 10.9. The van der Waals surface area contributed by atoms with E-state index in [4.69, 9.17) is 9.47 Å². The molecule has 0 bridgehead atoms. The van der Waals surface area contributed by atoms with Gasteiger partial charge in [0.25, 0.3) is 0 Å². The SMILES string of the molecule is CCCC(OC(C)=O)C(CC)OC(C)=O. The molecule has 0 saturated carbocycles. The molecule has 0 aliphatic rings. The summed E-state index contributed by atoms with van der Waals surface area (Å²) in [7, 11) is 0. The lowest BCUT2D eigenvalue weighted by atomic mass is 10.1. The highest BCUT2D eigenvalue weighted by Gasteiger charge is 2.24. The molecule has 0 fully saturated rings. The Morgan fingerprint density at radius 2 is 1.47 bits per heavy atom. The molecule has 2 unspecified atom stereocenters. The number of carbonyl (C=O) groups is 2. The van der Waals surface area contributed by atoms with Gasteiger partial charge in [-0.25, -0.2) is 0 Å². The van der Waals surface area contributed by atoms with E-state index in [9.17, 15) is 9.59 Å². The second-order valence-corrected chi connectivity index (χ2v) is 3.49. The fraction of sp³-hybridized carbons (Fsp3) is 0.818. The van der Waals surface area contributed by atoms with E-state index in [0.29, 0.717) is 12.8 Å². The zero-order valence-corrected chi connectivity index (χ0v) is 9.91. The van der Waals surface area contributed by atoms with Crippen molar-refractivity contribution in [1.29, 1.82) is 0 Å². The molecule has 0 saturated heterocycles. The van der Waals surface area contributed by atoms with Crippen molar-refractivity contribution >= 4 is 11.9 Å². The molecular weight excluding hydrogens is 196 g/mol. The van der Waals surface area contributed by atoms with E-state index in [1.807, 2.05) is 13.8 Å². The maximum atomic E-state index is 10.9. The molecule has 0 N–H and O–H groups in total. The Balaban J connectivity index is 4.38. The first-order valence-corrected chi connectivity index (χ1v) is 5.35. The maximum Gasteiger partial charge on any atom is 0.303 e. The van der Waals surface area contributed by atoms with E-state index >= 15 is 0 Å². The molecule has 0 spiro atoms. The van der Waals surface area contributed by atoms with Crippen LogP contribution in [-0.2, 0) is 19.1 Å². The van der Waals surface area contributed by atoms with Crippen LogP contribution in [0, 0.1) is 0 Å². The standard InChI is InChI=1S/C11H20O4/c1-5-7-11(15-9(4)13)10(6-2)14-8(3)12/h10-11H,5-7H2,1-4H3. The predicted molar refractivity (Wildman–Crippen MR) is 56.3 cm³/mol. The number of carbonyl (C=O) groups excluding carboxylic acids is 2. The molecule has 0 aliphatic heterocycles. The molecule has 0 rings (SSSR count). The Morgan fingerprint density at radius 1 is 1.00 bits per heavy atom. The summed E-state index contributed by atoms with van der Waals surface area (Å²) in [5.41, 5.74) is 0. The van der Waals surface area contributed by atoms with Crippen molar-refractivity contribution in [1.82, 2.24) is 0 Å². The van der Waals surface area contributed by atoms with Gasteiger partial charge in [0.15, 0.2) is 0 Å². The minimum absolute atomic E-state index is 0.318. The summed E-state index contributed by atoms with van der Waals surface area (Å²) in [6.45, 7) is 6.62. The highest BCUT2D eigenvalue weighted by Crippen LogP contribution is 2.14. The van der Waals surface area contributed by atoms with E-state index in [2.05, 4.69) is 0 Å². The number of esters is 2. The van der Waals surface area contributed by atoms with Crippen molar-refractivity contribution in [2.45, 2.75) is 59.2 Å². The van der Waals surface area contributed by atoms with Crippen LogP contribution in [0.15, 0.2) is 0 Å². The minimum Gasteiger partial charge on any atom is -0.459 e. The molecule has 88 valence electrons. The summed E-state index contributed by atoms with van der Waals surface area (Å²) >= 11 is 0. The Hall–Kier alpha value is -1.06. The van der Waals surface area contributed by atoms with Gasteiger partial charge < -0.3 is 9.47 Å². The first-order valence-electron chi connectivity index (χ1n) is 5.35. The molecule has 0 amide bonds. The van der Waals surface area contributed by atoms with Crippen LogP contribution in [0.25, 0.3) is 0 Å². The van der Waals surface area contributed by atoms with Gasteiger partial charge in [-0.05, 0) is 12.8 Å². The van der Waals surface area contributed by atoms with E-state index in [0.717, 1.165) is 6.42 Å². The zero-order chi connectivity index (χ0) is 11.8. The van der Waals surface area contributed by atoms with Gasteiger partial charge in [0.1, 0.15) is 12.2 Å². The summed E-state index contributed by atoms with van der Waals surface area (Å²) in [4.78, 5) is 21.7. The van der Waals surface area contributed by atoms with Crippen LogP contribution in [-0.4, -0.2) is 24.1 Å². The molecule has 4 heteroatoms. The number of hydrogen-bond donors (Lipinski definition) is 0. The smallest absolute Gasteiger partial charge is 0.303 e. The van der Waals surface area contributed by atoms with Crippen molar-refractivity contribution in [2.24, 2.45) is 0 Å². The quantitative estimate of drug-likeness (QED) is 0.638. The van der Waals surface area contributed by atoms with E-state index in [-0.39, 0.29) is 24.1 Å². The predicted octanol–water partition coefficient (Wildman–Crippen LogP) is 2.06. The molecule has 0 aliphatic carbocycles. The molecule has 0 aromatic heterocycles. The van der Waals surface area contributed by atoms with Gasteiger partial charge in [0, 0.05) is 13.8 Å².